The quantitative estimate of drug-likeness (QED) is 0.450. The number of rotatable bonds is 5. The number of hydrogen-bond acceptors (Lipinski definition) is 5. The van der Waals surface area contributed by atoms with Crippen molar-refractivity contribution in [3.63, 3.8) is 0 Å². The van der Waals surface area contributed by atoms with Crippen molar-refractivity contribution in [2.24, 2.45) is 0 Å². The first-order valence-corrected chi connectivity index (χ1v) is 11.8. The molecule has 0 spiro atoms. The summed E-state index contributed by atoms with van der Waals surface area (Å²) in [6.07, 6.45) is 1.29. The summed E-state index contributed by atoms with van der Waals surface area (Å²) in [6, 6.07) is 13.9. The lowest BCUT2D eigenvalue weighted by atomic mass is 10.00. The van der Waals surface area contributed by atoms with E-state index in [2.05, 4.69) is 10.4 Å². The molecule has 3 aromatic carbocycles. The fourth-order valence-corrected chi connectivity index (χ4v) is 4.65. The molecule has 32 heavy (non-hydrogen) atoms. The molecule has 0 aliphatic rings. The minimum atomic E-state index is -3.56. The maximum atomic E-state index is 13.4. The first-order valence-electron chi connectivity index (χ1n) is 9.77. The van der Waals surface area contributed by atoms with Crippen LogP contribution in [0.2, 0.25) is 5.02 Å². The Hall–Kier alpha value is -3.23. The molecule has 0 radical (unpaired) electrons. The number of anilines is 1. The highest BCUT2D eigenvalue weighted by Gasteiger charge is 2.18. The topological polar surface area (TPSA) is 81.1 Å². The van der Waals surface area contributed by atoms with E-state index in [1.807, 2.05) is 13.0 Å². The van der Waals surface area contributed by atoms with Crippen molar-refractivity contribution in [3.05, 3.63) is 87.7 Å². The van der Waals surface area contributed by atoms with Crippen LogP contribution in [0.5, 0.6) is 0 Å². The number of hydrogen-bond donors (Lipinski definition) is 1. The van der Waals surface area contributed by atoms with Gasteiger partial charge in [-0.3, -0.25) is 10.2 Å². The largest absolute Gasteiger partial charge is 0.289 e. The van der Waals surface area contributed by atoms with E-state index in [0.717, 1.165) is 15.8 Å². The summed E-state index contributed by atoms with van der Waals surface area (Å²) in [5.74, 6) is -0.460. The van der Waals surface area contributed by atoms with E-state index in [9.17, 15) is 17.6 Å². The third-order valence-electron chi connectivity index (χ3n) is 5.06. The van der Waals surface area contributed by atoms with Gasteiger partial charge in [-0.15, -0.1) is 0 Å². The number of aryl methyl sites for hydroxylation is 1. The molecule has 0 aliphatic heterocycles. The van der Waals surface area contributed by atoms with Crippen molar-refractivity contribution in [2.75, 3.05) is 11.2 Å². The van der Waals surface area contributed by atoms with Crippen LogP contribution in [-0.2, 0) is 9.84 Å². The van der Waals surface area contributed by atoms with E-state index in [1.54, 1.807) is 18.2 Å². The zero-order chi connectivity index (χ0) is 23.0. The molecule has 0 saturated carbocycles. The Labute approximate surface area is 189 Å². The average molecular weight is 472 g/mol. The number of aromatic nitrogens is 2. The Bertz CT molecular complexity index is 1500. The second kappa shape index (κ2) is 8.37. The number of halogens is 2. The highest BCUT2D eigenvalue weighted by atomic mass is 35.5. The van der Waals surface area contributed by atoms with Crippen molar-refractivity contribution < 1.29 is 12.8 Å². The van der Waals surface area contributed by atoms with E-state index >= 15 is 0 Å². The van der Waals surface area contributed by atoms with Gasteiger partial charge in [-0.1, -0.05) is 30.7 Å². The maximum Gasteiger partial charge on any atom is 0.280 e. The van der Waals surface area contributed by atoms with Gasteiger partial charge >= 0.3 is 0 Å². The van der Waals surface area contributed by atoms with Gasteiger partial charge in [0.1, 0.15) is 12.1 Å². The van der Waals surface area contributed by atoms with Crippen molar-refractivity contribution in [3.8, 4) is 11.1 Å². The molecule has 1 heterocycles. The van der Waals surface area contributed by atoms with E-state index < -0.39 is 15.4 Å². The Morgan fingerprint density at radius 3 is 2.50 bits per heavy atom. The summed E-state index contributed by atoms with van der Waals surface area (Å²) in [5.41, 5.74) is 5.29. The van der Waals surface area contributed by atoms with Crippen molar-refractivity contribution in [1.82, 2.24) is 9.66 Å². The number of sulfone groups is 1. The van der Waals surface area contributed by atoms with Crippen LogP contribution in [0.1, 0.15) is 12.5 Å². The summed E-state index contributed by atoms with van der Waals surface area (Å²) < 4.78 is 39.4. The number of nitrogens with zero attached hydrogens (tertiary/aromatic N) is 2. The molecule has 0 fully saturated rings. The molecule has 164 valence electrons. The van der Waals surface area contributed by atoms with Gasteiger partial charge in [-0.25, -0.2) is 22.5 Å². The molecule has 0 atom stereocenters. The molecule has 0 aliphatic carbocycles. The van der Waals surface area contributed by atoms with Crippen LogP contribution < -0.4 is 11.0 Å². The van der Waals surface area contributed by atoms with Gasteiger partial charge in [0.15, 0.2) is 9.84 Å². The van der Waals surface area contributed by atoms with Crippen LogP contribution in [0, 0.1) is 12.7 Å². The zero-order valence-corrected chi connectivity index (χ0v) is 18.8. The van der Waals surface area contributed by atoms with Crippen molar-refractivity contribution in [2.45, 2.75) is 18.7 Å². The first-order chi connectivity index (χ1) is 15.2. The lowest BCUT2D eigenvalue weighted by molar-refractivity contribution is 0.597. The monoisotopic (exact) mass is 471 g/mol. The van der Waals surface area contributed by atoms with Crippen LogP contribution in [0.3, 0.4) is 0 Å². The van der Waals surface area contributed by atoms with Gasteiger partial charge in [0.25, 0.3) is 5.56 Å². The third kappa shape index (κ3) is 4.11. The highest BCUT2D eigenvalue weighted by molar-refractivity contribution is 7.91. The Morgan fingerprint density at radius 1 is 1.09 bits per heavy atom. The van der Waals surface area contributed by atoms with E-state index in [1.165, 1.54) is 43.6 Å². The van der Waals surface area contributed by atoms with Crippen molar-refractivity contribution >= 4 is 38.0 Å². The summed E-state index contributed by atoms with van der Waals surface area (Å²) in [7, 11) is -3.56. The molecule has 0 amide bonds. The SMILES string of the molecule is CCS(=O)(=O)c1ccc(Cl)cc1Nn1cnc2c(-c3ccc(F)cc3)cc(C)cc2c1=O. The van der Waals surface area contributed by atoms with Crippen LogP contribution in [0.15, 0.2) is 70.6 Å². The number of fused-ring (bicyclic) bond motifs is 1. The fraction of sp³-hybridized carbons (Fsp3) is 0.130. The molecular formula is C23H19ClFN3O3S. The van der Waals surface area contributed by atoms with Crippen LogP contribution in [-0.4, -0.2) is 23.8 Å². The van der Waals surface area contributed by atoms with Gasteiger partial charge in [-0.2, -0.15) is 0 Å². The molecule has 1 aromatic heterocycles. The standard InChI is InChI=1S/C23H19ClFN3O3S/c1-3-32(30,31)21-9-6-16(24)12-20(21)27-28-13-26-22-18(15-4-7-17(25)8-5-15)10-14(2)11-19(22)23(28)29/h4-13,27H,3H2,1-2H3. The molecule has 1 N–H and O–H groups in total. The maximum absolute atomic E-state index is 13.4. The summed E-state index contributed by atoms with van der Waals surface area (Å²) in [4.78, 5) is 17.7. The van der Waals surface area contributed by atoms with Gasteiger partial charge < -0.3 is 0 Å². The number of benzene rings is 3. The summed E-state index contributed by atoms with van der Waals surface area (Å²) in [6.45, 7) is 3.39. The van der Waals surface area contributed by atoms with E-state index in [-0.39, 0.29) is 22.2 Å². The highest BCUT2D eigenvalue weighted by Crippen LogP contribution is 2.29. The zero-order valence-electron chi connectivity index (χ0n) is 17.3. The molecule has 0 unspecified atom stereocenters. The molecule has 0 bridgehead atoms. The Balaban J connectivity index is 1.87. The minimum absolute atomic E-state index is 0.0349. The normalized spacial score (nSPS) is 11.6. The molecular weight excluding hydrogens is 453 g/mol. The second-order valence-corrected chi connectivity index (χ2v) is 9.97. The molecule has 6 nitrogen and oxygen atoms in total. The Kier molecular flexibility index (Phi) is 5.75. The smallest absolute Gasteiger partial charge is 0.280 e. The fourth-order valence-electron chi connectivity index (χ4n) is 3.45. The molecule has 9 heteroatoms. The van der Waals surface area contributed by atoms with Gasteiger partial charge in [0.05, 0.1) is 27.2 Å². The van der Waals surface area contributed by atoms with Gasteiger partial charge in [-0.05, 0) is 60.5 Å². The number of nitrogens with one attached hydrogen (secondary N) is 1. The second-order valence-electron chi connectivity index (χ2n) is 7.29. The predicted octanol–water partition coefficient (Wildman–Crippen LogP) is 4.83. The first kappa shape index (κ1) is 22.0. The summed E-state index contributed by atoms with van der Waals surface area (Å²) >= 11 is 6.07. The molecule has 0 saturated heterocycles. The van der Waals surface area contributed by atoms with Gasteiger partial charge in [0.2, 0.25) is 0 Å². The predicted molar refractivity (Wildman–Crippen MR) is 124 cm³/mol. The van der Waals surface area contributed by atoms with Gasteiger partial charge in [0, 0.05) is 10.6 Å². The molecule has 4 rings (SSSR count). The van der Waals surface area contributed by atoms with Crippen LogP contribution >= 0.6 is 11.6 Å². The third-order valence-corrected chi connectivity index (χ3v) is 7.08. The minimum Gasteiger partial charge on any atom is -0.289 e. The van der Waals surface area contributed by atoms with E-state index in [4.69, 9.17) is 11.6 Å². The summed E-state index contributed by atoms with van der Waals surface area (Å²) in [5, 5.41) is 0.653. The molecule has 4 aromatic rings. The lowest BCUT2D eigenvalue weighted by Gasteiger charge is -2.15. The van der Waals surface area contributed by atoms with Crippen molar-refractivity contribution in [1.29, 1.82) is 0 Å². The Morgan fingerprint density at radius 2 is 1.81 bits per heavy atom. The van der Waals surface area contributed by atoms with E-state index in [0.29, 0.717) is 21.5 Å². The van der Waals surface area contributed by atoms with Crippen LogP contribution in [0.4, 0.5) is 10.1 Å². The lowest BCUT2D eigenvalue weighted by Crippen LogP contribution is -2.27. The van der Waals surface area contributed by atoms with Crippen LogP contribution in [0.25, 0.3) is 22.0 Å². The average Bonchev–Trinajstić information content (AvgIpc) is 2.76.